The Morgan fingerprint density at radius 1 is 0.846 bits per heavy atom. The molecule has 0 atom stereocenters. The van der Waals surface area contributed by atoms with Crippen LogP contribution in [-0.4, -0.2) is 16.8 Å². The molecule has 39 heavy (non-hydrogen) atoms. The number of hydrogen-bond acceptors (Lipinski definition) is 4. The van der Waals surface area contributed by atoms with Gasteiger partial charge in [-0.1, -0.05) is 87.2 Å². The molecular weight excluding hydrogens is 500 g/mol. The second-order valence-electron chi connectivity index (χ2n) is 11.3. The molecular formula is C35H38O3S. The zero-order valence-electron chi connectivity index (χ0n) is 23.1. The Morgan fingerprint density at radius 2 is 1.62 bits per heavy atom. The summed E-state index contributed by atoms with van der Waals surface area (Å²) < 4.78 is 6.26. The summed E-state index contributed by atoms with van der Waals surface area (Å²) in [6, 6.07) is 21.5. The van der Waals surface area contributed by atoms with Crippen molar-refractivity contribution in [2.24, 2.45) is 0 Å². The molecule has 0 bridgehead atoms. The molecule has 0 aromatic heterocycles. The minimum absolute atomic E-state index is 0.0284. The lowest BCUT2D eigenvalue weighted by Crippen LogP contribution is -2.26. The van der Waals surface area contributed by atoms with Crippen molar-refractivity contribution in [1.82, 2.24) is 0 Å². The third-order valence-electron chi connectivity index (χ3n) is 8.72. The van der Waals surface area contributed by atoms with Crippen LogP contribution in [0.1, 0.15) is 80.5 Å². The van der Waals surface area contributed by atoms with E-state index in [2.05, 4.69) is 56.3 Å². The predicted molar refractivity (Wildman–Crippen MR) is 161 cm³/mol. The molecule has 202 valence electrons. The number of aliphatic hydroxyl groups excluding tert-OH is 1. The monoisotopic (exact) mass is 538 g/mol. The maximum Gasteiger partial charge on any atom is 0.133 e. The largest absolute Gasteiger partial charge is 0.507 e. The number of hydrogen-bond donors (Lipinski definition) is 2. The van der Waals surface area contributed by atoms with Crippen LogP contribution in [0.2, 0.25) is 0 Å². The first kappa shape index (κ1) is 26.3. The van der Waals surface area contributed by atoms with Gasteiger partial charge in [0.25, 0.3) is 0 Å². The van der Waals surface area contributed by atoms with Crippen LogP contribution in [-0.2, 0) is 12.0 Å². The zero-order valence-corrected chi connectivity index (χ0v) is 23.9. The van der Waals surface area contributed by atoms with Gasteiger partial charge in [0, 0.05) is 15.7 Å². The number of aliphatic hydroxyl groups is 1. The molecule has 1 saturated carbocycles. The summed E-state index contributed by atoms with van der Waals surface area (Å²) in [5, 5.41) is 23.0. The van der Waals surface area contributed by atoms with Crippen molar-refractivity contribution in [1.29, 1.82) is 0 Å². The van der Waals surface area contributed by atoms with Crippen LogP contribution in [0.15, 0.2) is 70.5 Å². The average molecular weight is 539 g/mol. The number of fused-ring (bicyclic) bond motifs is 7. The predicted octanol–water partition coefficient (Wildman–Crippen LogP) is 9.30. The van der Waals surface area contributed by atoms with Crippen molar-refractivity contribution in [2.45, 2.75) is 87.0 Å². The fourth-order valence-electron chi connectivity index (χ4n) is 6.84. The lowest BCUT2D eigenvalue weighted by atomic mass is 9.69. The molecule has 2 N–H and O–H groups in total. The minimum atomic E-state index is -0.0284. The Balaban J connectivity index is 1.57. The topological polar surface area (TPSA) is 49.7 Å². The molecule has 0 aliphatic heterocycles. The van der Waals surface area contributed by atoms with E-state index in [1.54, 1.807) is 11.8 Å². The molecule has 1 spiro atoms. The molecule has 0 heterocycles. The van der Waals surface area contributed by atoms with E-state index in [9.17, 15) is 10.2 Å². The van der Waals surface area contributed by atoms with Gasteiger partial charge in [0.2, 0.25) is 0 Å². The van der Waals surface area contributed by atoms with E-state index in [-0.39, 0.29) is 12.0 Å². The molecule has 0 saturated heterocycles. The van der Waals surface area contributed by atoms with Gasteiger partial charge in [-0.2, -0.15) is 0 Å². The normalized spacial score (nSPS) is 16.1. The number of phenols is 1. The Morgan fingerprint density at radius 3 is 2.36 bits per heavy atom. The molecule has 0 radical (unpaired) electrons. The molecule has 0 unspecified atom stereocenters. The van der Waals surface area contributed by atoms with E-state index >= 15 is 0 Å². The first-order valence-electron chi connectivity index (χ1n) is 14.5. The summed E-state index contributed by atoms with van der Waals surface area (Å²) in [7, 11) is 0. The maximum atomic E-state index is 11.5. The van der Waals surface area contributed by atoms with E-state index in [4.69, 9.17) is 4.74 Å². The molecule has 4 heteroatoms. The van der Waals surface area contributed by atoms with Gasteiger partial charge in [-0.05, 0) is 89.2 Å². The average Bonchev–Trinajstić information content (AvgIpc) is 3.20. The lowest BCUT2D eigenvalue weighted by Gasteiger charge is -2.34. The summed E-state index contributed by atoms with van der Waals surface area (Å²) in [4.78, 5) is 2.20. The van der Waals surface area contributed by atoms with Crippen LogP contribution < -0.4 is 4.74 Å². The van der Waals surface area contributed by atoms with Crippen molar-refractivity contribution in [3.63, 3.8) is 0 Å². The van der Waals surface area contributed by atoms with Crippen molar-refractivity contribution in [3.8, 4) is 22.6 Å². The highest BCUT2D eigenvalue weighted by Crippen LogP contribution is 2.58. The van der Waals surface area contributed by atoms with Crippen LogP contribution in [0.4, 0.5) is 0 Å². The number of ether oxygens (including phenoxy) is 1. The molecule has 4 aromatic rings. The number of aryl methyl sites for hydroxylation is 1. The summed E-state index contributed by atoms with van der Waals surface area (Å²) in [6.45, 7) is 4.87. The van der Waals surface area contributed by atoms with Crippen molar-refractivity contribution in [2.75, 3.05) is 6.61 Å². The van der Waals surface area contributed by atoms with E-state index in [0.29, 0.717) is 12.4 Å². The lowest BCUT2D eigenvalue weighted by molar-refractivity contribution is 0.281. The highest BCUT2D eigenvalue weighted by molar-refractivity contribution is 7.99. The van der Waals surface area contributed by atoms with Crippen molar-refractivity contribution < 1.29 is 14.9 Å². The first-order chi connectivity index (χ1) is 19.1. The van der Waals surface area contributed by atoms with Crippen molar-refractivity contribution in [3.05, 3.63) is 82.9 Å². The second-order valence-corrected chi connectivity index (χ2v) is 12.4. The number of aromatic hydroxyl groups is 1. The molecule has 6 rings (SSSR count). The smallest absolute Gasteiger partial charge is 0.133 e. The van der Waals surface area contributed by atoms with Gasteiger partial charge < -0.3 is 14.9 Å². The summed E-state index contributed by atoms with van der Waals surface area (Å²) in [5.41, 5.74) is 7.37. The molecule has 0 amide bonds. The van der Waals surface area contributed by atoms with Crippen LogP contribution >= 0.6 is 11.8 Å². The first-order valence-corrected chi connectivity index (χ1v) is 15.3. The van der Waals surface area contributed by atoms with E-state index in [1.165, 1.54) is 54.4 Å². The van der Waals surface area contributed by atoms with Gasteiger partial charge in [-0.3, -0.25) is 0 Å². The minimum Gasteiger partial charge on any atom is -0.507 e. The Hall–Kier alpha value is -2.95. The fourth-order valence-corrected chi connectivity index (χ4v) is 7.82. The fraction of sp³-hybridized carbons (Fsp3) is 0.371. The van der Waals surface area contributed by atoms with E-state index in [0.717, 1.165) is 56.7 Å². The van der Waals surface area contributed by atoms with Gasteiger partial charge >= 0.3 is 0 Å². The highest BCUT2D eigenvalue weighted by atomic mass is 32.2. The van der Waals surface area contributed by atoms with E-state index < -0.39 is 0 Å². The third kappa shape index (κ3) is 4.62. The molecule has 3 nitrogen and oxygen atoms in total. The summed E-state index contributed by atoms with van der Waals surface area (Å²) in [5.74, 6) is 1.15. The van der Waals surface area contributed by atoms with Crippen molar-refractivity contribution >= 4 is 22.5 Å². The molecule has 1 fully saturated rings. The Labute approximate surface area is 236 Å². The van der Waals surface area contributed by atoms with Crippen LogP contribution in [0.25, 0.3) is 21.9 Å². The molecule has 4 aromatic carbocycles. The number of phenolic OH excluding ortho intramolecular Hbond substituents is 1. The molecule has 2 aliphatic carbocycles. The summed E-state index contributed by atoms with van der Waals surface area (Å²) in [6.07, 6.45) is 9.53. The van der Waals surface area contributed by atoms with Gasteiger partial charge in [-0.15, -0.1) is 0 Å². The standard InChI is InChI=1S/C35H38O3S/c1-3-17-38-31-19-26-27(20-33(31)39-32-14-13-24(22-36)18-23(32)2)34-25-11-7-8-12-28(25)35(29(34)21-30(26)37)15-9-5-4-6-10-16-35/h7-8,11-14,18-21,36-37H,3-6,9-10,15-17,22H2,1-2H3. The second kappa shape index (κ2) is 10.9. The van der Waals surface area contributed by atoms with Crippen LogP contribution in [0.3, 0.4) is 0 Å². The van der Waals surface area contributed by atoms with Crippen LogP contribution in [0.5, 0.6) is 11.5 Å². The third-order valence-corrected chi connectivity index (χ3v) is 9.93. The summed E-state index contributed by atoms with van der Waals surface area (Å²) >= 11 is 1.70. The maximum absolute atomic E-state index is 11.5. The van der Waals surface area contributed by atoms with Gasteiger partial charge in [-0.25, -0.2) is 0 Å². The van der Waals surface area contributed by atoms with Gasteiger partial charge in [0.05, 0.1) is 18.1 Å². The zero-order chi connectivity index (χ0) is 27.0. The van der Waals surface area contributed by atoms with Gasteiger partial charge in [0.1, 0.15) is 11.5 Å². The highest BCUT2D eigenvalue weighted by Gasteiger charge is 2.43. The Kier molecular flexibility index (Phi) is 7.35. The SMILES string of the molecule is CCCOc1cc2c(O)cc3c(c2cc1Sc1ccc(CO)cc1C)-c1ccccc1C31CCCCCCC1. The van der Waals surface area contributed by atoms with E-state index in [1.807, 2.05) is 18.2 Å². The van der Waals surface area contributed by atoms with Gasteiger partial charge in [0.15, 0.2) is 0 Å². The molecule has 2 aliphatic rings. The van der Waals surface area contributed by atoms with Crippen LogP contribution in [0, 0.1) is 6.92 Å². The number of benzene rings is 4. The number of rotatable bonds is 6. The quantitative estimate of drug-likeness (QED) is 0.257. The Bertz CT molecular complexity index is 1510.